The number of pyridine rings is 1. The quantitative estimate of drug-likeness (QED) is 0.284. The third kappa shape index (κ3) is 5.48. The molecule has 0 N–H and O–H groups in total. The van der Waals surface area contributed by atoms with E-state index in [1.807, 2.05) is 80.3 Å². The molecule has 0 spiro atoms. The Kier molecular flexibility index (Phi) is 8.06. The molecular weight excluding hydrogens is 528 g/mol. The Balaban J connectivity index is 1.39. The van der Waals surface area contributed by atoms with Crippen LogP contribution >= 0.6 is 0 Å². The van der Waals surface area contributed by atoms with Gasteiger partial charge in [-0.25, -0.2) is 0 Å². The Morgan fingerprint density at radius 2 is 1.67 bits per heavy atom. The van der Waals surface area contributed by atoms with Crippen molar-refractivity contribution in [1.82, 2.24) is 19.2 Å². The summed E-state index contributed by atoms with van der Waals surface area (Å²) in [6.07, 6.45) is 2.61. The summed E-state index contributed by atoms with van der Waals surface area (Å²) in [6.45, 7) is 10.5. The summed E-state index contributed by atoms with van der Waals surface area (Å²) in [5.74, 6) is -0.397. The van der Waals surface area contributed by atoms with Crippen LogP contribution < -0.4 is 15.4 Å². The van der Waals surface area contributed by atoms with Crippen LogP contribution in [0.1, 0.15) is 37.7 Å². The van der Waals surface area contributed by atoms with E-state index >= 15 is 0 Å². The van der Waals surface area contributed by atoms with Crippen LogP contribution in [0.5, 0.6) is 0 Å². The lowest BCUT2D eigenvalue weighted by Gasteiger charge is -2.27. The van der Waals surface area contributed by atoms with Gasteiger partial charge in [0.2, 0.25) is 11.8 Å². The van der Waals surface area contributed by atoms with E-state index in [1.165, 1.54) is 0 Å². The maximum Gasteiger partial charge on any atom is 0.258 e. The predicted octanol–water partition coefficient (Wildman–Crippen LogP) is 4.14. The number of anilines is 2. The molecule has 0 unspecified atom stereocenters. The van der Waals surface area contributed by atoms with Crippen molar-refractivity contribution in [2.75, 3.05) is 36.5 Å². The Morgan fingerprint density at radius 1 is 0.905 bits per heavy atom. The molecule has 0 saturated carbocycles. The third-order valence-electron chi connectivity index (χ3n) is 8.37. The van der Waals surface area contributed by atoms with Crippen LogP contribution in [-0.4, -0.2) is 57.7 Å². The Labute approximate surface area is 246 Å². The Bertz CT molecular complexity index is 1700. The molecule has 0 atom stereocenters. The number of hydrogen-bond donors (Lipinski definition) is 0. The fourth-order valence-electron chi connectivity index (χ4n) is 5.86. The molecule has 0 radical (unpaired) electrons. The van der Waals surface area contributed by atoms with Gasteiger partial charge in [0.1, 0.15) is 5.41 Å². The highest BCUT2D eigenvalue weighted by Gasteiger charge is 2.45. The fraction of sp³-hybridized carbons (Fsp3) is 0.394. The van der Waals surface area contributed by atoms with E-state index in [0.29, 0.717) is 26.2 Å². The molecule has 1 aliphatic rings. The maximum atomic E-state index is 13.3. The van der Waals surface area contributed by atoms with E-state index in [9.17, 15) is 14.4 Å². The first-order valence-electron chi connectivity index (χ1n) is 14.5. The number of fused-ring (bicyclic) bond motifs is 2. The second-order valence-electron chi connectivity index (χ2n) is 11.7. The molecule has 2 aromatic heterocycles. The first kappa shape index (κ1) is 29.3. The van der Waals surface area contributed by atoms with Crippen LogP contribution in [0.3, 0.4) is 0 Å². The molecule has 0 saturated heterocycles. The average molecular weight is 569 g/mol. The molecule has 2 aromatic carbocycles. The molecule has 220 valence electrons. The van der Waals surface area contributed by atoms with Gasteiger partial charge in [-0.3, -0.25) is 24.0 Å². The van der Waals surface area contributed by atoms with Crippen molar-refractivity contribution in [1.29, 1.82) is 0 Å². The molecule has 5 rings (SSSR count). The first-order chi connectivity index (χ1) is 20.0. The maximum absolute atomic E-state index is 13.3. The molecule has 0 fully saturated rings. The molecule has 42 heavy (non-hydrogen) atoms. The molecule has 0 bridgehead atoms. The molecule has 0 aliphatic carbocycles. The van der Waals surface area contributed by atoms with Gasteiger partial charge < -0.3 is 14.4 Å². The smallest absolute Gasteiger partial charge is 0.258 e. The second kappa shape index (κ2) is 11.6. The summed E-state index contributed by atoms with van der Waals surface area (Å²) < 4.78 is 3.69. The van der Waals surface area contributed by atoms with Gasteiger partial charge in [-0.2, -0.15) is 5.10 Å². The second-order valence-corrected chi connectivity index (χ2v) is 11.7. The van der Waals surface area contributed by atoms with Crippen LogP contribution in [0, 0.1) is 12.3 Å². The monoisotopic (exact) mass is 568 g/mol. The summed E-state index contributed by atoms with van der Waals surface area (Å²) in [6, 6.07) is 17.8. The number of aryl methyl sites for hydroxylation is 2. The summed E-state index contributed by atoms with van der Waals surface area (Å²) >= 11 is 0. The number of nitrogens with zero attached hydrogens (tertiary/aromatic N) is 6. The van der Waals surface area contributed by atoms with Crippen LogP contribution in [-0.2, 0) is 36.1 Å². The van der Waals surface area contributed by atoms with Gasteiger partial charge in [-0.15, -0.1) is 0 Å². The number of benzene rings is 2. The SMILES string of the molecule is CCN1C(=O)C(C)(C)C(=O)N(C)c2cc(CCN(CCn3ccc4ccccc4c3=O)Cc3cc(C)nn3C)ccc21. The van der Waals surface area contributed by atoms with Crippen LogP contribution in [0.4, 0.5) is 11.4 Å². The summed E-state index contributed by atoms with van der Waals surface area (Å²) in [4.78, 5) is 45.3. The van der Waals surface area contributed by atoms with Crippen molar-refractivity contribution >= 4 is 34.0 Å². The van der Waals surface area contributed by atoms with E-state index in [0.717, 1.165) is 52.1 Å². The average Bonchev–Trinajstić information content (AvgIpc) is 3.28. The van der Waals surface area contributed by atoms with Crippen molar-refractivity contribution in [2.24, 2.45) is 12.5 Å². The summed E-state index contributed by atoms with van der Waals surface area (Å²) in [5.41, 5.74) is 3.52. The Morgan fingerprint density at radius 3 is 2.38 bits per heavy atom. The third-order valence-corrected chi connectivity index (χ3v) is 8.37. The van der Waals surface area contributed by atoms with Gasteiger partial charge in [-0.1, -0.05) is 24.3 Å². The minimum Gasteiger partial charge on any atom is -0.314 e. The number of aromatic nitrogens is 3. The number of hydrogen-bond acceptors (Lipinski definition) is 5. The molecule has 4 aromatic rings. The predicted molar refractivity (Wildman–Crippen MR) is 167 cm³/mol. The van der Waals surface area contributed by atoms with Crippen molar-refractivity contribution in [2.45, 2.75) is 47.2 Å². The number of rotatable bonds is 9. The summed E-state index contributed by atoms with van der Waals surface area (Å²) in [5, 5.41) is 6.19. The molecule has 9 heteroatoms. The molecule has 1 aliphatic heterocycles. The van der Waals surface area contributed by atoms with Gasteiger partial charge in [-0.05, 0) is 75.4 Å². The fourth-order valence-corrected chi connectivity index (χ4v) is 5.86. The van der Waals surface area contributed by atoms with Crippen LogP contribution in [0.15, 0.2) is 65.6 Å². The minimum atomic E-state index is -1.14. The largest absolute Gasteiger partial charge is 0.314 e. The van der Waals surface area contributed by atoms with Crippen LogP contribution in [0.2, 0.25) is 0 Å². The highest BCUT2D eigenvalue weighted by atomic mass is 16.2. The Hall–Kier alpha value is -4.24. The normalized spacial score (nSPS) is 15.0. The van der Waals surface area contributed by atoms with E-state index in [1.54, 1.807) is 35.3 Å². The summed E-state index contributed by atoms with van der Waals surface area (Å²) in [7, 11) is 3.70. The lowest BCUT2D eigenvalue weighted by molar-refractivity contribution is -0.137. The highest BCUT2D eigenvalue weighted by Crippen LogP contribution is 2.38. The lowest BCUT2D eigenvalue weighted by atomic mass is 9.90. The van der Waals surface area contributed by atoms with Crippen molar-refractivity contribution in [3.05, 3.63) is 88.1 Å². The zero-order valence-corrected chi connectivity index (χ0v) is 25.4. The molecule has 2 amide bonds. The number of carbonyl (C=O) groups is 2. The van der Waals surface area contributed by atoms with E-state index in [-0.39, 0.29) is 17.4 Å². The molecule has 3 heterocycles. The van der Waals surface area contributed by atoms with E-state index < -0.39 is 5.41 Å². The van der Waals surface area contributed by atoms with Crippen molar-refractivity contribution < 1.29 is 9.59 Å². The van der Waals surface area contributed by atoms with E-state index in [4.69, 9.17) is 0 Å². The van der Waals surface area contributed by atoms with Crippen molar-refractivity contribution in [3.8, 4) is 0 Å². The van der Waals surface area contributed by atoms with Gasteiger partial charge in [0, 0.05) is 58.4 Å². The topological polar surface area (TPSA) is 83.7 Å². The first-order valence-corrected chi connectivity index (χ1v) is 14.5. The van der Waals surface area contributed by atoms with Crippen LogP contribution in [0.25, 0.3) is 10.8 Å². The highest BCUT2D eigenvalue weighted by molar-refractivity contribution is 6.19. The molecule has 9 nitrogen and oxygen atoms in total. The lowest BCUT2D eigenvalue weighted by Crippen LogP contribution is -2.47. The standard InChI is InChI=1S/C33H40N6O3/c1-7-39-28-13-12-24(21-29(28)35(5)31(41)33(3,4)32(39)42)14-16-37(22-26-20-23(2)34-36(26)6)18-19-38-17-15-25-10-8-9-11-27(25)30(38)40/h8-13,15,17,20-21H,7,14,16,18-19,22H2,1-6H3. The number of carbonyl (C=O) groups excluding carboxylic acids is 2. The van der Waals surface area contributed by atoms with Crippen molar-refractivity contribution in [3.63, 3.8) is 0 Å². The zero-order chi connectivity index (χ0) is 30.2. The van der Waals surface area contributed by atoms with Gasteiger partial charge in [0.25, 0.3) is 5.56 Å². The molecular formula is C33H40N6O3. The minimum absolute atomic E-state index is 0.0147. The van der Waals surface area contributed by atoms with Gasteiger partial charge in [0.15, 0.2) is 0 Å². The zero-order valence-electron chi connectivity index (χ0n) is 25.4. The van der Waals surface area contributed by atoms with Gasteiger partial charge in [0.05, 0.1) is 22.8 Å². The number of amides is 2. The van der Waals surface area contributed by atoms with E-state index in [2.05, 4.69) is 16.1 Å². The van der Waals surface area contributed by atoms with Gasteiger partial charge >= 0.3 is 0 Å².